The second-order valence-corrected chi connectivity index (χ2v) is 9.61. The van der Waals surface area contributed by atoms with Gasteiger partial charge in [0.25, 0.3) is 0 Å². The molecule has 3 nitrogen and oxygen atoms in total. The molecule has 0 aliphatic heterocycles. The van der Waals surface area contributed by atoms with Crippen molar-refractivity contribution in [1.29, 1.82) is 0 Å². The van der Waals surface area contributed by atoms with E-state index in [0.29, 0.717) is 16.7 Å². The fourth-order valence-electron chi connectivity index (χ4n) is 3.37. The standard InChI is InChI=1S/C25H35BrCl2N2O/c1-3-5-13-30(14-6-4-2)15-7-12-29-18-21-16-22(26)9-11-25(21)31-19-20-8-10-23(27)17-24(20)28/h8-11,16-17,29H,3-7,12-15,18-19H2,1-2H3. The minimum absolute atomic E-state index is 0.411. The zero-order valence-corrected chi connectivity index (χ0v) is 21.8. The molecule has 0 aliphatic carbocycles. The van der Waals surface area contributed by atoms with Gasteiger partial charge in [0.15, 0.2) is 0 Å². The summed E-state index contributed by atoms with van der Waals surface area (Å²) in [6.45, 7) is 10.3. The van der Waals surface area contributed by atoms with Crippen LogP contribution in [0.15, 0.2) is 40.9 Å². The van der Waals surface area contributed by atoms with Gasteiger partial charge in [-0.15, -0.1) is 0 Å². The van der Waals surface area contributed by atoms with Gasteiger partial charge in [0.05, 0.1) is 0 Å². The molecule has 0 heterocycles. The highest BCUT2D eigenvalue weighted by Crippen LogP contribution is 2.26. The Morgan fingerprint density at radius 1 is 0.903 bits per heavy atom. The van der Waals surface area contributed by atoms with Crippen LogP contribution in [-0.2, 0) is 13.2 Å². The zero-order chi connectivity index (χ0) is 22.5. The number of nitrogens with zero attached hydrogens (tertiary/aromatic N) is 1. The zero-order valence-electron chi connectivity index (χ0n) is 18.7. The third kappa shape index (κ3) is 10.1. The number of hydrogen-bond donors (Lipinski definition) is 1. The first-order valence-corrected chi connectivity index (χ1v) is 12.9. The van der Waals surface area contributed by atoms with E-state index in [2.05, 4.69) is 46.1 Å². The van der Waals surface area contributed by atoms with Crippen LogP contribution in [0.2, 0.25) is 10.0 Å². The largest absolute Gasteiger partial charge is 0.489 e. The molecule has 2 aromatic rings. The summed E-state index contributed by atoms with van der Waals surface area (Å²) >= 11 is 15.8. The van der Waals surface area contributed by atoms with Crippen LogP contribution in [-0.4, -0.2) is 31.1 Å². The first-order valence-electron chi connectivity index (χ1n) is 11.3. The molecule has 172 valence electrons. The van der Waals surface area contributed by atoms with Crippen LogP contribution in [0.5, 0.6) is 5.75 Å². The van der Waals surface area contributed by atoms with Gasteiger partial charge in [-0.05, 0) is 75.8 Å². The highest BCUT2D eigenvalue weighted by molar-refractivity contribution is 9.10. The molecule has 0 spiro atoms. The highest BCUT2D eigenvalue weighted by atomic mass is 79.9. The monoisotopic (exact) mass is 528 g/mol. The van der Waals surface area contributed by atoms with Crippen LogP contribution >= 0.6 is 39.1 Å². The molecule has 1 N–H and O–H groups in total. The Kier molecular flexibility index (Phi) is 12.9. The normalized spacial score (nSPS) is 11.3. The maximum absolute atomic E-state index is 6.28. The summed E-state index contributed by atoms with van der Waals surface area (Å²) in [7, 11) is 0. The quantitative estimate of drug-likeness (QED) is 0.239. The number of ether oxygens (including phenoxy) is 1. The van der Waals surface area contributed by atoms with Crippen LogP contribution in [0, 0.1) is 0 Å². The molecular weight excluding hydrogens is 495 g/mol. The first-order chi connectivity index (χ1) is 15.0. The number of benzene rings is 2. The Hall–Kier alpha value is -0.780. The molecule has 0 saturated carbocycles. The molecule has 0 bridgehead atoms. The van der Waals surface area contributed by atoms with Gasteiger partial charge in [-0.3, -0.25) is 0 Å². The Labute approximate surface area is 206 Å². The molecule has 0 aliphatic rings. The fraction of sp³-hybridized carbons (Fsp3) is 0.520. The number of halogens is 3. The van der Waals surface area contributed by atoms with Gasteiger partial charge in [0.2, 0.25) is 0 Å². The molecule has 0 saturated heterocycles. The predicted octanol–water partition coefficient (Wildman–Crippen LogP) is 7.72. The second kappa shape index (κ2) is 15.1. The Morgan fingerprint density at radius 3 is 2.29 bits per heavy atom. The summed E-state index contributed by atoms with van der Waals surface area (Å²) in [6.07, 6.45) is 6.24. The van der Waals surface area contributed by atoms with Gasteiger partial charge < -0.3 is 15.0 Å². The van der Waals surface area contributed by atoms with Gasteiger partial charge in [0, 0.05) is 32.2 Å². The summed E-state index contributed by atoms with van der Waals surface area (Å²) in [5, 5.41) is 4.84. The molecule has 0 fully saturated rings. The molecular formula is C25H35BrCl2N2O. The van der Waals surface area contributed by atoms with E-state index in [9.17, 15) is 0 Å². The molecule has 0 unspecified atom stereocenters. The van der Waals surface area contributed by atoms with E-state index in [1.807, 2.05) is 24.3 Å². The lowest BCUT2D eigenvalue weighted by Crippen LogP contribution is -2.29. The van der Waals surface area contributed by atoms with E-state index in [1.165, 1.54) is 38.8 Å². The smallest absolute Gasteiger partial charge is 0.124 e. The van der Waals surface area contributed by atoms with Crippen molar-refractivity contribution < 1.29 is 4.74 Å². The fourth-order valence-corrected chi connectivity index (χ4v) is 4.24. The summed E-state index contributed by atoms with van der Waals surface area (Å²) in [5.74, 6) is 0.870. The molecule has 0 amide bonds. The van der Waals surface area contributed by atoms with Gasteiger partial charge in [-0.1, -0.05) is 71.9 Å². The minimum atomic E-state index is 0.411. The van der Waals surface area contributed by atoms with Crippen molar-refractivity contribution in [3.8, 4) is 5.75 Å². The van der Waals surface area contributed by atoms with Crippen molar-refractivity contribution in [3.05, 3.63) is 62.0 Å². The number of nitrogens with one attached hydrogen (secondary N) is 1. The molecule has 2 aromatic carbocycles. The van der Waals surface area contributed by atoms with E-state index in [0.717, 1.165) is 47.4 Å². The summed E-state index contributed by atoms with van der Waals surface area (Å²) in [6, 6.07) is 11.6. The van der Waals surface area contributed by atoms with E-state index in [4.69, 9.17) is 27.9 Å². The SMILES string of the molecule is CCCCN(CCCC)CCCNCc1cc(Br)ccc1OCc1ccc(Cl)cc1Cl. The molecule has 31 heavy (non-hydrogen) atoms. The topological polar surface area (TPSA) is 24.5 Å². The van der Waals surface area contributed by atoms with E-state index in [-0.39, 0.29) is 0 Å². The van der Waals surface area contributed by atoms with Gasteiger partial charge >= 0.3 is 0 Å². The third-order valence-corrected chi connectivity index (χ3v) is 6.30. The molecule has 2 rings (SSSR count). The Morgan fingerprint density at radius 2 is 1.61 bits per heavy atom. The Balaban J connectivity index is 1.83. The average Bonchev–Trinajstić information content (AvgIpc) is 2.75. The van der Waals surface area contributed by atoms with Crippen molar-refractivity contribution >= 4 is 39.1 Å². The highest BCUT2D eigenvalue weighted by Gasteiger charge is 2.08. The lowest BCUT2D eigenvalue weighted by atomic mass is 10.2. The number of unbranched alkanes of at least 4 members (excludes halogenated alkanes) is 2. The van der Waals surface area contributed by atoms with Crippen LogP contribution < -0.4 is 10.1 Å². The van der Waals surface area contributed by atoms with Crippen LogP contribution in [0.3, 0.4) is 0 Å². The second-order valence-electron chi connectivity index (χ2n) is 7.86. The summed E-state index contributed by atoms with van der Waals surface area (Å²) in [4.78, 5) is 2.61. The first kappa shape index (κ1) is 26.5. The van der Waals surface area contributed by atoms with E-state index >= 15 is 0 Å². The lowest BCUT2D eigenvalue weighted by Gasteiger charge is -2.22. The van der Waals surface area contributed by atoms with Crippen molar-refractivity contribution in [2.45, 2.75) is 59.1 Å². The number of rotatable bonds is 15. The van der Waals surface area contributed by atoms with E-state index < -0.39 is 0 Å². The summed E-state index contributed by atoms with van der Waals surface area (Å²) < 4.78 is 7.13. The molecule has 0 radical (unpaired) electrons. The average molecular weight is 530 g/mol. The summed E-state index contributed by atoms with van der Waals surface area (Å²) in [5.41, 5.74) is 2.06. The Bertz CT molecular complexity index is 780. The van der Waals surface area contributed by atoms with Gasteiger partial charge in [0.1, 0.15) is 12.4 Å². The van der Waals surface area contributed by atoms with Gasteiger partial charge in [-0.25, -0.2) is 0 Å². The van der Waals surface area contributed by atoms with Crippen LogP contribution in [0.25, 0.3) is 0 Å². The van der Waals surface area contributed by atoms with Crippen LogP contribution in [0.4, 0.5) is 0 Å². The predicted molar refractivity (Wildman–Crippen MR) is 138 cm³/mol. The van der Waals surface area contributed by atoms with Crippen molar-refractivity contribution in [3.63, 3.8) is 0 Å². The molecule has 0 atom stereocenters. The van der Waals surface area contributed by atoms with E-state index in [1.54, 1.807) is 6.07 Å². The van der Waals surface area contributed by atoms with Crippen molar-refractivity contribution in [1.82, 2.24) is 10.2 Å². The molecule has 0 aromatic heterocycles. The van der Waals surface area contributed by atoms with Crippen molar-refractivity contribution in [2.75, 3.05) is 26.2 Å². The molecule has 6 heteroatoms. The van der Waals surface area contributed by atoms with Crippen LogP contribution in [0.1, 0.15) is 57.1 Å². The third-order valence-electron chi connectivity index (χ3n) is 5.22. The maximum Gasteiger partial charge on any atom is 0.124 e. The minimum Gasteiger partial charge on any atom is -0.489 e. The van der Waals surface area contributed by atoms with Gasteiger partial charge in [-0.2, -0.15) is 0 Å². The van der Waals surface area contributed by atoms with Crippen molar-refractivity contribution in [2.24, 2.45) is 0 Å². The maximum atomic E-state index is 6.28. The lowest BCUT2D eigenvalue weighted by molar-refractivity contribution is 0.260. The number of hydrogen-bond acceptors (Lipinski definition) is 3.